The Labute approximate surface area is 110 Å². The lowest BCUT2D eigenvalue weighted by Crippen LogP contribution is -2.35. The second kappa shape index (κ2) is 6.21. The van der Waals surface area contributed by atoms with Crippen molar-refractivity contribution in [2.45, 2.75) is 19.8 Å². The molecule has 1 aromatic rings. The maximum absolute atomic E-state index is 11.7. The van der Waals surface area contributed by atoms with E-state index in [0.717, 1.165) is 12.8 Å². The van der Waals surface area contributed by atoms with Gasteiger partial charge >= 0.3 is 6.09 Å². The third-order valence-electron chi connectivity index (χ3n) is 2.80. The molecule has 7 heteroatoms. The molecule has 1 N–H and O–H groups in total. The van der Waals surface area contributed by atoms with Crippen molar-refractivity contribution in [1.82, 2.24) is 15.4 Å². The van der Waals surface area contributed by atoms with Crippen LogP contribution < -0.4 is 5.32 Å². The Hall–Kier alpha value is -2.05. The molecule has 0 aromatic carbocycles. The van der Waals surface area contributed by atoms with Gasteiger partial charge in [-0.05, 0) is 6.42 Å². The highest BCUT2D eigenvalue weighted by molar-refractivity contribution is 5.92. The number of rotatable bonds is 6. The molecule has 0 saturated carbocycles. The number of aromatic nitrogens is 1. The van der Waals surface area contributed by atoms with Crippen molar-refractivity contribution in [3.8, 4) is 0 Å². The number of nitrogens with one attached hydrogen (secondary N) is 1. The predicted molar refractivity (Wildman–Crippen MR) is 65.8 cm³/mol. The number of carbonyl (C=O) groups excluding carboxylic acids is 2. The van der Waals surface area contributed by atoms with Gasteiger partial charge < -0.3 is 19.5 Å². The lowest BCUT2D eigenvalue weighted by atomic mass is 10.2. The van der Waals surface area contributed by atoms with Crippen LogP contribution in [0.25, 0.3) is 0 Å². The zero-order valence-electron chi connectivity index (χ0n) is 10.8. The predicted octanol–water partition coefficient (Wildman–Crippen LogP) is 0.809. The Bertz CT molecular complexity index is 458. The van der Waals surface area contributed by atoms with Crippen LogP contribution >= 0.6 is 0 Å². The molecule has 2 rings (SSSR count). The molecular weight excluding hydrogens is 250 g/mol. The molecule has 0 aliphatic carbocycles. The van der Waals surface area contributed by atoms with E-state index in [0.29, 0.717) is 32.0 Å². The molecule has 0 atom stereocenters. The summed E-state index contributed by atoms with van der Waals surface area (Å²) in [5, 5.41) is 6.40. The van der Waals surface area contributed by atoms with Gasteiger partial charge in [-0.25, -0.2) is 4.79 Å². The van der Waals surface area contributed by atoms with Gasteiger partial charge in [0.2, 0.25) is 0 Å². The van der Waals surface area contributed by atoms with Crippen molar-refractivity contribution < 1.29 is 18.8 Å². The van der Waals surface area contributed by atoms with Crippen molar-refractivity contribution in [2.24, 2.45) is 0 Å². The Morgan fingerprint density at radius 1 is 1.58 bits per heavy atom. The monoisotopic (exact) mass is 267 g/mol. The van der Waals surface area contributed by atoms with Crippen LogP contribution in [0.3, 0.4) is 0 Å². The molecule has 7 nitrogen and oxygen atoms in total. The van der Waals surface area contributed by atoms with Gasteiger partial charge in [0, 0.05) is 25.6 Å². The van der Waals surface area contributed by atoms with E-state index in [-0.39, 0.29) is 17.7 Å². The number of cyclic esters (lactones) is 1. The molecule has 1 saturated heterocycles. The fourth-order valence-electron chi connectivity index (χ4n) is 1.81. The number of hydrogen-bond donors (Lipinski definition) is 1. The lowest BCUT2D eigenvalue weighted by Gasteiger charge is -2.12. The largest absolute Gasteiger partial charge is 0.448 e. The van der Waals surface area contributed by atoms with E-state index >= 15 is 0 Å². The summed E-state index contributed by atoms with van der Waals surface area (Å²) in [7, 11) is 0. The van der Waals surface area contributed by atoms with Crippen molar-refractivity contribution in [1.29, 1.82) is 0 Å². The maximum Gasteiger partial charge on any atom is 0.409 e. The topological polar surface area (TPSA) is 84.7 Å². The average molecular weight is 267 g/mol. The second-order valence-electron chi connectivity index (χ2n) is 4.29. The number of carbonyl (C=O) groups is 2. The first-order chi connectivity index (χ1) is 9.20. The number of nitrogens with zero attached hydrogens (tertiary/aromatic N) is 2. The van der Waals surface area contributed by atoms with Crippen LogP contribution in [-0.4, -0.2) is 48.3 Å². The van der Waals surface area contributed by atoms with Crippen molar-refractivity contribution in [2.75, 3.05) is 26.2 Å². The fraction of sp³-hybridized carbons (Fsp3) is 0.583. The first-order valence-electron chi connectivity index (χ1n) is 6.36. The Balaban J connectivity index is 1.75. The van der Waals surface area contributed by atoms with Gasteiger partial charge in [-0.2, -0.15) is 0 Å². The van der Waals surface area contributed by atoms with E-state index < -0.39 is 0 Å². The van der Waals surface area contributed by atoms with Crippen LogP contribution in [0.2, 0.25) is 0 Å². The third-order valence-corrected chi connectivity index (χ3v) is 2.80. The van der Waals surface area contributed by atoms with E-state index in [2.05, 4.69) is 10.5 Å². The van der Waals surface area contributed by atoms with E-state index in [1.807, 2.05) is 6.92 Å². The highest BCUT2D eigenvalue weighted by atomic mass is 16.6. The Kier molecular flexibility index (Phi) is 4.38. The van der Waals surface area contributed by atoms with Crippen LogP contribution in [-0.2, 0) is 11.2 Å². The zero-order chi connectivity index (χ0) is 13.7. The molecule has 0 unspecified atom stereocenters. The van der Waals surface area contributed by atoms with Gasteiger partial charge in [-0.15, -0.1) is 0 Å². The van der Waals surface area contributed by atoms with Crippen LogP contribution in [0, 0.1) is 0 Å². The van der Waals surface area contributed by atoms with Gasteiger partial charge in [-0.1, -0.05) is 12.1 Å². The van der Waals surface area contributed by atoms with Crippen LogP contribution in [0.1, 0.15) is 29.6 Å². The van der Waals surface area contributed by atoms with Gasteiger partial charge in [0.25, 0.3) is 5.91 Å². The lowest BCUT2D eigenvalue weighted by molar-refractivity contribution is 0.0939. The minimum atomic E-state index is -0.332. The summed E-state index contributed by atoms with van der Waals surface area (Å²) in [5.74, 6) is 0.412. The molecule has 1 aliphatic heterocycles. The Morgan fingerprint density at radius 3 is 3.11 bits per heavy atom. The molecular formula is C12H17N3O4. The number of ether oxygens (including phenoxy) is 1. The molecule has 1 aromatic heterocycles. The van der Waals surface area contributed by atoms with Gasteiger partial charge in [0.15, 0.2) is 5.69 Å². The van der Waals surface area contributed by atoms with Crippen LogP contribution in [0.5, 0.6) is 0 Å². The minimum absolute atomic E-state index is 0.271. The molecule has 0 radical (unpaired) electrons. The summed E-state index contributed by atoms with van der Waals surface area (Å²) in [4.78, 5) is 24.5. The van der Waals surface area contributed by atoms with E-state index in [4.69, 9.17) is 9.26 Å². The minimum Gasteiger partial charge on any atom is -0.448 e. The zero-order valence-corrected chi connectivity index (χ0v) is 10.8. The molecule has 2 amide bonds. The quantitative estimate of drug-likeness (QED) is 0.824. The Morgan fingerprint density at radius 2 is 2.42 bits per heavy atom. The maximum atomic E-state index is 11.7. The molecule has 1 fully saturated rings. The molecule has 0 bridgehead atoms. The first-order valence-corrected chi connectivity index (χ1v) is 6.36. The number of hydrogen-bond acceptors (Lipinski definition) is 5. The van der Waals surface area contributed by atoms with Crippen LogP contribution in [0.15, 0.2) is 10.6 Å². The van der Waals surface area contributed by atoms with E-state index in [9.17, 15) is 9.59 Å². The summed E-state index contributed by atoms with van der Waals surface area (Å²) >= 11 is 0. The average Bonchev–Trinajstić information content (AvgIpc) is 3.00. The number of aryl methyl sites for hydroxylation is 1. The molecule has 1 aliphatic rings. The van der Waals surface area contributed by atoms with Gasteiger partial charge in [-0.3, -0.25) is 4.79 Å². The molecule has 104 valence electrons. The van der Waals surface area contributed by atoms with E-state index in [1.54, 1.807) is 11.0 Å². The highest BCUT2D eigenvalue weighted by Gasteiger charge is 2.21. The second-order valence-corrected chi connectivity index (χ2v) is 4.29. The summed E-state index contributed by atoms with van der Waals surface area (Å²) < 4.78 is 9.81. The van der Waals surface area contributed by atoms with Crippen molar-refractivity contribution >= 4 is 12.0 Å². The molecule has 2 heterocycles. The van der Waals surface area contributed by atoms with Crippen molar-refractivity contribution in [3.63, 3.8) is 0 Å². The smallest absolute Gasteiger partial charge is 0.409 e. The van der Waals surface area contributed by atoms with Gasteiger partial charge in [0.05, 0.1) is 6.54 Å². The molecule has 19 heavy (non-hydrogen) atoms. The summed E-state index contributed by atoms with van der Waals surface area (Å²) in [6.45, 7) is 3.81. The normalized spacial score (nSPS) is 14.6. The third kappa shape index (κ3) is 3.46. The van der Waals surface area contributed by atoms with Crippen LogP contribution in [0.4, 0.5) is 4.79 Å². The SMILES string of the molecule is CCCc1cc(C(=O)NCCN2CCOC2=O)no1. The highest BCUT2D eigenvalue weighted by Crippen LogP contribution is 2.06. The summed E-state index contributed by atoms with van der Waals surface area (Å²) in [6, 6.07) is 1.64. The molecule has 0 spiro atoms. The van der Waals surface area contributed by atoms with Gasteiger partial charge in [0.1, 0.15) is 12.4 Å². The summed E-state index contributed by atoms with van der Waals surface area (Å²) in [6.07, 6.45) is 1.37. The van der Waals surface area contributed by atoms with E-state index in [1.165, 1.54) is 0 Å². The fourth-order valence-corrected chi connectivity index (χ4v) is 1.81. The first kappa shape index (κ1) is 13.4. The summed E-state index contributed by atoms with van der Waals surface area (Å²) in [5.41, 5.74) is 0.271. The van der Waals surface area contributed by atoms with Crippen molar-refractivity contribution in [3.05, 3.63) is 17.5 Å². The standard InChI is InChI=1S/C12H17N3O4/c1-2-3-9-8-10(14-19-9)11(16)13-4-5-15-6-7-18-12(15)17/h8H,2-7H2,1H3,(H,13,16). The number of amides is 2.